The van der Waals surface area contributed by atoms with Crippen molar-refractivity contribution in [2.24, 2.45) is 0 Å². The Labute approximate surface area is 197 Å². The van der Waals surface area contributed by atoms with E-state index in [0.717, 1.165) is 56.6 Å². The number of rotatable bonds is 8. The van der Waals surface area contributed by atoms with Crippen LogP contribution in [0.4, 0.5) is 13.2 Å². The maximum atomic E-state index is 13.8. The van der Waals surface area contributed by atoms with Crippen molar-refractivity contribution in [3.05, 3.63) is 65.2 Å². The molecule has 9 heteroatoms. The van der Waals surface area contributed by atoms with Gasteiger partial charge in [-0.15, -0.1) is 0 Å². The second kappa shape index (κ2) is 11.0. The molecule has 0 spiro atoms. The fourth-order valence-corrected chi connectivity index (χ4v) is 4.83. The molecule has 2 amide bonds. The van der Waals surface area contributed by atoms with E-state index in [1.165, 1.54) is 17.0 Å². The summed E-state index contributed by atoms with van der Waals surface area (Å²) in [6, 6.07) is 5.56. The first-order valence-electron chi connectivity index (χ1n) is 11.8. The third-order valence-corrected chi connectivity index (χ3v) is 6.69. The fraction of sp³-hybridized carbons (Fsp3) is 0.480. The number of hydrogen-bond donors (Lipinski definition) is 1. The van der Waals surface area contributed by atoms with Crippen LogP contribution in [0.3, 0.4) is 0 Å². The van der Waals surface area contributed by atoms with Gasteiger partial charge in [0.1, 0.15) is 6.04 Å². The van der Waals surface area contributed by atoms with Crippen molar-refractivity contribution in [3.63, 3.8) is 0 Å². The Balaban J connectivity index is 1.26. The van der Waals surface area contributed by atoms with E-state index in [2.05, 4.69) is 15.2 Å². The molecular formula is C25H29F3N4O2. The Bertz CT molecular complexity index is 1010. The minimum atomic E-state index is -1.04. The van der Waals surface area contributed by atoms with Crippen molar-refractivity contribution in [2.45, 2.75) is 44.1 Å². The molecule has 34 heavy (non-hydrogen) atoms. The van der Waals surface area contributed by atoms with Gasteiger partial charge in [-0.3, -0.25) is 9.59 Å². The van der Waals surface area contributed by atoms with Crippen LogP contribution in [0, 0.1) is 17.6 Å². The second-order valence-electron chi connectivity index (χ2n) is 8.94. The highest BCUT2D eigenvalue weighted by Crippen LogP contribution is 2.29. The van der Waals surface area contributed by atoms with Crippen LogP contribution >= 0.6 is 0 Å². The van der Waals surface area contributed by atoms with E-state index in [0.29, 0.717) is 31.8 Å². The van der Waals surface area contributed by atoms with E-state index in [1.54, 1.807) is 12.3 Å². The van der Waals surface area contributed by atoms with E-state index < -0.39 is 23.6 Å². The maximum absolute atomic E-state index is 13.8. The van der Waals surface area contributed by atoms with E-state index in [4.69, 9.17) is 0 Å². The number of hydrogen-bond acceptors (Lipinski definition) is 4. The lowest BCUT2D eigenvalue weighted by molar-refractivity contribution is -0.137. The minimum Gasteiger partial charge on any atom is -0.354 e. The first kappa shape index (κ1) is 24.2. The van der Waals surface area contributed by atoms with Gasteiger partial charge in [-0.05, 0) is 80.6 Å². The molecule has 4 rings (SSSR count). The minimum absolute atomic E-state index is 0.163. The monoisotopic (exact) mass is 474 g/mol. The molecule has 2 fully saturated rings. The van der Waals surface area contributed by atoms with Gasteiger partial charge in [-0.25, -0.2) is 13.8 Å². The third kappa shape index (κ3) is 5.75. The number of carbonyl (C=O) groups is 2. The van der Waals surface area contributed by atoms with Crippen molar-refractivity contribution in [1.29, 1.82) is 0 Å². The lowest BCUT2D eigenvalue weighted by Gasteiger charge is -2.32. The van der Waals surface area contributed by atoms with Gasteiger partial charge in [-0.1, -0.05) is 12.1 Å². The molecular weight excluding hydrogens is 445 g/mol. The van der Waals surface area contributed by atoms with Crippen LogP contribution in [0.15, 0.2) is 36.5 Å². The largest absolute Gasteiger partial charge is 0.354 e. The summed E-state index contributed by atoms with van der Waals surface area (Å²) in [6.07, 6.45) is 5.25. The predicted molar refractivity (Wildman–Crippen MR) is 120 cm³/mol. The highest BCUT2D eigenvalue weighted by atomic mass is 19.2. The summed E-state index contributed by atoms with van der Waals surface area (Å²) in [5, 5.41) is 2.87. The van der Waals surface area contributed by atoms with Gasteiger partial charge in [0.25, 0.3) is 0 Å². The normalized spacial score (nSPS) is 18.3. The molecule has 1 aromatic heterocycles. The molecule has 0 radical (unpaired) electrons. The molecule has 182 valence electrons. The Morgan fingerprint density at radius 3 is 2.53 bits per heavy atom. The number of aromatic nitrogens is 1. The molecule has 0 aliphatic carbocycles. The van der Waals surface area contributed by atoms with Crippen LogP contribution in [0.2, 0.25) is 0 Å². The standard InChI is InChI=1S/C25H29F3N4O2/c26-20-6-4-18(15-21(20)27)24(32-12-1-3-23(32)33)25(34)29-10-2-11-31-13-8-17(9-14-31)19-5-7-22(28)30-16-19/h4-7,15-17,24H,1-3,8-14H2,(H,29,34). The maximum Gasteiger partial charge on any atom is 0.247 e. The van der Waals surface area contributed by atoms with Gasteiger partial charge < -0.3 is 15.1 Å². The van der Waals surface area contributed by atoms with E-state index in [9.17, 15) is 22.8 Å². The predicted octanol–water partition coefficient (Wildman–Crippen LogP) is 3.55. The van der Waals surface area contributed by atoms with Crippen molar-refractivity contribution in [3.8, 4) is 0 Å². The smallest absolute Gasteiger partial charge is 0.247 e. The molecule has 1 atom stereocenters. The molecule has 3 heterocycles. The number of pyridine rings is 1. The molecule has 2 aromatic rings. The van der Waals surface area contributed by atoms with Gasteiger partial charge in [0, 0.05) is 25.7 Å². The molecule has 0 bridgehead atoms. The Morgan fingerprint density at radius 2 is 1.88 bits per heavy atom. The van der Waals surface area contributed by atoms with E-state index >= 15 is 0 Å². The molecule has 2 aliphatic rings. The summed E-state index contributed by atoms with van der Waals surface area (Å²) >= 11 is 0. The Morgan fingerprint density at radius 1 is 1.09 bits per heavy atom. The Kier molecular flexibility index (Phi) is 7.82. The third-order valence-electron chi connectivity index (χ3n) is 6.69. The topological polar surface area (TPSA) is 65.5 Å². The second-order valence-corrected chi connectivity index (χ2v) is 8.94. The van der Waals surface area contributed by atoms with Gasteiger partial charge >= 0.3 is 0 Å². The van der Waals surface area contributed by atoms with Crippen LogP contribution in [0.5, 0.6) is 0 Å². The number of nitrogens with zero attached hydrogens (tertiary/aromatic N) is 3. The zero-order valence-electron chi connectivity index (χ0n) is 19.0. The highest BCUT2D eigenvalue weighted by Gasteiger charge is 2.34. The number of likely N-dealkylation sites (tertiary alicyclic amines) is 2. The summed E-state index contributed by atoms with van der Waals surface area (Å²) in [5.41, 5.74) is 1.33. The van der Waals surface area contributed by atoms with Crippen molar-refractivity contribution >= 4 is 11.8 Å². The number of amides is 2. The molecule has 0 saturated carbocycles. The number of carbonyl (C=O) groups excluding carboxylic acids is 2. The number of benzene rings is 1. The van der Waals surface area contributed by atoms with Crippen LogP contribution < -0.4 is 5.32 Å². The molecule has 1 unspecified atom stereocenters. The average Bonchev–Trinajstić information content (AvgIpc) is 3.25. The first-order valence-corrected chi connectivity index (χ1v) is 11.8. The number of nitrogens with one attached hydrogen (secondary N) is 1. The highest BCUT2D eigenvalue weighted by molar-refractivity contribution is 5.89. The molecule has 2 aliphatic heterocycles. The van der Waals surface area contributed by atoms with Gasteiger partial charge in [0.2, 0.25) is 17.8 Å². The van der Waals surface area contributed by atoms with Crippen LogP contribution in [0.25, 0.3) is 0 Å². The molecule has 1 N–H and O–H groups in total. The average molecular weight is 475 g/mol. The van der Waals surface area contributed by atoms with Crippen LogP contribution in [-0.4, -0.2) is 59.3 Å². The summed E-state index contributed by atoms with van der Waals surface area (Å²) in [4.78, 5) is 32.8. The zero-order chi connectivity index (χ0) is 24.1. The van der Waals surface area contributed by atoms with Crippen molar-refractivity contribution < 1.29 is 22.8 Å². The van der Waals surface area contributed by atoms with E-state index in [1.807, 2.05) is 0 Å². The molecule has 2 saturated heterocycles. The lowest BCUT2D eigenvalue weighted by Crippen LogP contribution is -2.42. The summed E-state index contributed by atoms with van der Waals surface area (Å²) in [6.45, 7) is 3.47. The lowest BCUT2D eigenvalue weighted by atomic mass is 9.90. The summed E-state index contributed by atoms with van der Waals surface area (Å²) < 4.78 is 40.2. The zero-order valence-corrected chi connectivity index (χ0v) is 19.0. The Hall–Kier alpha value is -2.94. The van der Waals surface area contributed by atoms with E-state index in [-0.39, 0.29) is 17.4 Å². The van der Waals surface area contributed by atoms with Crippen molar-refractivity contribution in [1.82, 2.24) is 20.1 Å². The SMILES string of the molecule is O=C(NCCCN1CCC(c2ccc(F)nc2)CC1)C(c1ccc(F)c(F)c1)N1CCCC1=O. The molecule has 6 nitrogen and oxygen atoms in total. The van der Waals surface area contributed by atoms with Crippen LogP contribution in [0.1, 0.15) is 55.2 Å². The van der Waals surface area contributed by atoms with Gasteiger partial charge in [0.15, 0.2) is 11.6 Å². The fourth-order valence-electron chi connectivity index (χ4n) is 4.83. The van der Waals surface area contributed by atoms with Crippen molar-refractivity contribution in [2.75, 3.05) is 32.7 Å². The number of halogens is 3. The van der Waals surface area contributed by atoms with Gasteiger partial charge in [-0.2, -0.15) is 4.39 Å². The summed E-state index contributed by atoms with van der Waals surface area (Å²) in [5.74, 6) is -2.67. The van der Waals surface area contributed by atoms with Gasteiger partial charge in [0.05, 0.1) is 0 Å². The number of piperidine rings is 1. The quantitative estimate of drug-likeness (QED) is 0.470. The summed E-state index contributed by atoms with van der Waals surface area (Å²) in [7, 11) is 0. The van der Waals surface area contributed by atoms with Crippen LogP contribution in [-0.2, 0) is 9.59 Å². The first-order chi connectivity index (χ1) is 16.4. The molecule has 1 aromatic carbocycles.